The minimum absolute atomic E-state index is 0.0871. The summed E-state index contributed by atoms with van der Waals surface area (Å²) < 4.78 is 18.2. The van der Waals surface area contributed by atoms with Crippen molar-refractivity contribution in [3.05, 3.63) is 42.0 Å². The number of carbonyl (C=O) groups excluding carboxylic acids is 2. The highest BCUT2D eigenvalue weighted by Gasteiger charge is 2.51. The van der Waals surface area contributed by atoms with E-state index in [1.807, 2.05) is 44.2 Å². The first-order valence-corrected chi connectivity index (χ1v) is 11.9. The van der Waals surface area contributed by atoms with Crippen LogP contribution in [0.1, 0.15) is 25.8 Å². The van der Waals surface area contributed by atoms with Gasteiger partial charge >= 0.3 is 0 Å². The highest BCUT2D eigenvalue weighted by molar-refractivity contribution is 8.15. The number of imide groups is 1. The van der Waals surface area contributed by atoms with Crippen molar-refractivity contribution >= 4 is 33.7 Å². The van der Waals surface area contributed by atoms with Crippen molar-refractivity contribution in [2.75, 3.05) is 20.2 Å². The van der Waals surface area contributed by atoms with E-state index < -0.39 is 5.79 Å². The number of fused-ring (bicyclic) bond motifs is 2. The molecule has 0 aliphatic carbocycles. The maximum atomic E-state index is 11.8. The van der Waals surface area contributed by atoms with Crippen molar-refractivity contribution in [2.24, 2.45) is 0 Å². The molecule has 170 valence electrons. The van der Waals surface area contributed by atoms with Gasteiger partial charge in [0.2, 0.25) is 5.91 Å². The van der Waals surface area contributed by atoms with Crippen molar-refractivity contribution in [2.45, 2.75) is 56.0 Å². The molecule has 3 fully saturated rings. The molecule has 32 heavy (non-hydrogen) atoms. The van der Waals surface area contributed by atoms with Crippen LogP contribution in [0.2, 0.25) is 0 Å². The van der Waals surface area contributed by atoms with Crippen LogP contribution in [0.5, 0.6) is 5.75 Å². The predicted molar refractivity (Wildman–Crippen MR) is 123 cm³/mol. The zero-order valence-electron chi connectivity index (χ0n) is 18.5. The molecule has 2 aromatic carbocycles. The molecular weight excluding hydrogens is 428 g/mol. The lowest BCUT2D eigenvalue weighted by Gasteiger charge is -2.27. The largest absolute Gasteiger partial charge is 0.494 e. The van der Waals surface area contributed by atoms with Crippen LogP contribution >= 0.6 is 11.8 Å². The number of nitrogens with one attached hydrogen (secondary N) is 1. The van der Waals surface area contributed by atoms with E-state index in [1.165, 1.54) is 0 Å². The topological polar surface area (TPSA) is 77.1 Å². The molecule has 5 rings (SSSR count). The van der Waals surface area contributed by atoms with E-state index in [-0.39, 0.29) is 34.6 Å². The van der Waals surface area contributed by atoms with E-state index in [4.69, 9.17) is 14.2 Å². The summed E-state index contributed by atoms with van der Waals surface area (Å²) in [5.74, 6) is 0.117. The molecule has 2 unspecified atom stereocenters. The Morgan fingerprint density at radius 2 is 1.94 bits per heavy atom. The lowest BCUT2D eigenvalue weighted by Crippen LogP contribution is -2.37. The van der Waals surface area contributed by atoms with E-state index in [0.717, 1.165) is 46.8 Å². The number of carbonyl (C=O) groups is 2. The zero-order valence-corrected chi connectivity index (χ0v) is 19.3. The summed E-state index contributed by atoms with van der Waals surface area (Å²) in [6.45, 7) is 5.43. The van der Waals surface area contributed by atoms with Gasteiger partial charge in [-0.1, -0.05) is 36.0 Å². The van der Waals surface area contributed by atoms with Crippen LogP contribution in [0, 0.1) is 0 Å². The van der Waals surface area contributed by atoms with Crippen molar-refractivity contribution in [3.8, 4) is 5.75 Å². The molecule has 0 bridgehead atoms. The number of rotatable bonds is 6. The molecule has 3 aliphatic rings. The normalized spacial score (nSPS) is 29.5. The molecule has 0 spiro atoms. The van der Waals surface area contributed by atoms with Crippen LogP contribution in [-0.2, 0) is 20.7 Å². The fourth-order valence-corrected chi connectivity index (χ4v) is 5.77. The SMILES string of the molecule is CN1C[C@H]2OC(C)(C)O[C@H]2C1CCOc1ccc2cc(CC3SC(=O)NC3=O)ccc2c1. The van der Waals surface area contributed by atoms with Crippen LogP contribution in [0.4, 0.5) is 4.79 Å². The third kappa shape index (κ3) is 4.37. The summed E-state index contributed by atoms with van der Waals surface area (Å²) in [6.07, 6.45) is 1.62. The zero-order chi connectivity index (χ0) is 22.5. The van der Waals surface area contributed by atoms with Crippen LogP contribution in [0.25, 0.3) is 10.8 Å². The molecule has 3 heterocycles. The number of likely N-dealkylation sites (N-methyl/N-ethyl adjacent to an activating group) is 1. The lowest BCUT2D eigenvalue weighted by molar-refractivity contribution is -0.160. The fraction of sp³-hybridized carbons (Fsp3) is 0.500. The Balaban J connectivity index is 1.19. The second-order valence-corrected chi connectivity index (χ2v) is 10.4. The Kier molecular flexibility index (Phi) is 5.65. The summed E-state index contributed by atoms with van der Waals surface area (Å²) in [5.41, 5.74) is 1.04. The van der Waals surface area contributed by atoms with Gasteiger partial charge in [0.25, 0.3) is 5.24 Å². The quantitative estimate of drug-likeness (QED) is 0.714. The number of ether oxygens (including phenoxy) is 3. The lowest BCUT2D eigenvalue weighted by atomic mass is 10.0. The minimum Gasteiger partial charge on any atom is -0.494 e. The first-order chi connectivity index (χ1) is 15.3. The monoisotopic (exact) mass is 456 g/mol. The van der Waals surface area contributed by atoms with E-state index in [0.29, 0.717) is 13.0 Å². The molecule has 7 nitrogen and oxygen atoms in total. The summed E-state index contributed by atoms with van der Waals surface area (Å²) in [7, 11) is 2.11. The number of likely N-dealkylation sites (tertiary alicyclic amines) is 1. The smallest absolute Gasteiger partial charge is 0.286 e. The minimum atomic E-state index is -0.511. The highest BCUT2D eigenvalue weighted by atomic mass is 32.2. The fourth-order valence-electron chi connectivity index (χ4n) is 4.91. The molecule has 2 aromatic rings. The number of amides is 2. The first kappa shape index (κ1) is 21.7. The summed E-state index contributed by atoms with van der Waals surface area (Å²) in [4.78, 5) is 25.5. The van der Waals surface area contributed by atoms with Crippen LogP contribution in [0.15, 0.2) is 36.4 Å². The number of thioether (sulfide) groups is 1. The maximum Gasteiger partial charge on any atom is 0.286 e. The average Bonchev–Trinajstić information content (AvgIpc) is 3.30. The Morgan fingerprint density at radius 1 is 1.16 bits per heavy atom. The molecule has 1 N–H and O–H groups in total. The summed E-state index contributed by atoms with van der Waals surface area (Å²) >= 11 is 1.06. The van der Waals surface area contributed by atoms with Gasteiger partial charge in [-0.15, -0.1) is 0 Å². The molecule has 0 radical (unpaired) electrons. The van der Waals surface area contributed by atoms with Crippen molar-refractivity contribution in [1.82, 2.24) is 10.2 Å². The predicted octanol–water partition coefficient (Wildman–Crippen LogP) is 3.34. The molecule has 8 heteroatoms. The van der Waals surface area contributed by atoms with Gasteiger partial charge in [-0.3, -0.25) is 19.8 Å². The Hall–Kier alpha value is -2.13. The molecule has 2 amide bonds. The highest BCUT2D eigenvalue weighted by Crippen LogP contribution is 2.37. The van der Waals surface area contributed by atoms with Crippen molar-refractivity contribution < 1.29 is 23.8 Å². The van der Waals surface area contributed by atoms with E-state index >= 15 is 0 Å². The second-order valence-electron chi connectivity index (χ2n) is 9.21. The van der Waals surface area contributed by atoms with Gasteiger partial charge in [0.05, 0.1) is 11.9 Å². The Bertz CT molecular complexity index is 1060. The Labute approximate surface area is 191 Å². The number of hydrogen-bond acceptors (Lipinski definition) is 7. The van der Waals surface area contributed by atoms with Gasteiger partial charge in [0, 0.05) is 12.6 Å². The number of hydrogen-bond donors (Lipinski definition) is 1. The molecule has 3 aliphatic heterocycles. The van der Waals surface area contributed by atoms with Crippen molar-refractivity contribution in [3.63, 3.8) is 0 Å². The Morgan fingerprint density at radius 3 is 2.72 bits per heavy atom. The molecular formula is C24H28N2O5S. The van der Waals surface area contributed by atoms with Gasteiger partial charge < -0.3 is 14.2 Å². The van der Waals surface area contributed by atoms with Gasteiger partial charge in [-0.25, -0.2) is 0 Å². The van der Waals surface area contributed by atoms with E-state index in [9.17, 15) is 9.59 Å². The first-order valence-electron chi connectivity index (χ1n) is 11.0. The van der Waals surface area contributed by atoms with E-state index in [2.05, 4.69) is 23.3 Å². The van der Waals surface area contributed by atoms with Crippen LogP contribution < -0.4 is 10.1 Å². The van der Waals surface area contributed by atoms with Crippen molar-refractivity contribution in [1.29, 1.82) is 0 Å². The number of benzene rings is 2. The maximum absolute atomic E-state index is 11.8. The van der Waals surface area contributed by atoms with Gasteiger partial charge in [-0.2, -0.15) is 0 Å². The molecule has 3 saturated heterocycles. The third-order valence-electron chi connectivity index (χ3n) is 6.38. The summed E-state index contributed by atoms with van der Waals surface area (Å²) in [5, 5.41) is 3.89. The number of nitrogens with zero attached hydrogens (tertiary/aromatic N) is 1. The average molecular weight is 457 g/mol. The molecule has 0 aromatic heterocycles. The van der Waals surface area contributed by atoms with Gasteiger partial charge in [0.1, 0.15) is 18.0 Å². The molecule has 0 saturated carbocycles. The van der Waals surface area contributed by atoms with Crippen LogP contribution in [0.3, 0.4) is 0 Å². The van der Waals surface area contributed by atoms with Crippen LogP contribution in [-0.4, -0.2) is 65.5 Å². The third-order valence-corrected chi connectivity index (χ3v) is 7.36. The second kappa shape index (κ2) is 8.33. The standard InChI is InChI=1S/C24H28N2O5S/c1-24(2)30-19-13-26(3)18(21(19)31-24)8-9-29-17-7-6-15-10-14(4-5-16(15)12-17)11-20-22(27)25-23(28)32-20/h4-7,10,12,18-21H,8-9,11,13H2,1-3H3,(H,25,27,28)/t18?,19-,20?,21+/m1/s1. The molecule has 4 atom stereocenters. The van der Waals surface area contributed by atoms with Gasteiger partial charge in [-0.05, 0) is 62.2 Å². The van der Waals surface area contributed by atoms with E-state index in [1.54, 1.807) is 0 Å². The summed E-state index contributed by atoms with van der Waals surface area (Å²) in [6, 6.07) is 12.5. The van der Waals surface area contributed by atoms with Gasteiger partial charge in [0.15, 0.2) is 5.79 Å².